The summed E-state index contributed by atoms with van der Waals surface area (Å²) in [5, 5.41) is 10.1. The van der Waals surface area contributed by atoms with Gasteiger partial charge >= 0.3 is 6.09 Å². The van der Waals surface area contributed by atoms with E-state index in [4.69, 9.17) is 32.4 Å². The Bertz CT molecular complexity index is 1610. The highest BCUT2D eigenvalue weighted by Gasteiger charge is 2.48. The van der Waals surface area contributed by atoms with Crippen molar-refractivity contribution in [1.29, 1.82) is 0 Å². The van der Waals surface area contributed by atoms with E-state index >= 15 is 0 Å². The third-order valence-corrected chi connectivity index (χ3v) is 9.75. The number of ether oxygens (including phenoxy) is 3. The zero-order valence-corrected chi connectivity index (χ0v) is 29.7. The number of aromatic nitrogens is 1. The van der Waals surface area contributed by atoms with Gasteiger partial charge in [0.1, 0.15) is 30.3 Å². The molecule has 2 aromatic carbocycles. The molecule has 1 saturated heterocycles. The summed E-state index contributed by atoms with van der Waals surface area (Å²) in [6.45, 7) is 25.2. The predicted molar refractivity (Wildman–Crippen MR) is 188 cm³/mol. The molecule has 1 aliphatic rings. The van der Waals surface area contributed by atoms with Crippen LogP contribution >= 0.6 is 11.6 Å². The van der Waals surface area contributed by atoms with Crippen LogP contribution in [0.2, 0.25) is 17.7 Å². The van der Waals surface area contributed by atoms with Gasteiger partial charge in [-0.25, -0.2) is 9.64 Å². The zero-order valence-electron chi connectivity index (χ0n) is 28.9. The highest BCUT2D eigenvalue weighted by atomic mass is 35.5. The molecule has 1 fully saturated rings. The maximum absolute atomic E-state index is 13.0. The van der Waals surface area contributed by atoms with Crippen LogP contribution in [0.1, 0.15) is 70.7 Å². The van der Waals surface area contributed by atoms with Gasteiger partial charge in [-0.2, -0.15) is 0 Å². The molecule has 0 atom stereocenters. The first-order chi connectivity index (χ1) is 22.0. The molecule has 4 rings (SSSR count). The zero-order chi connectivity index (χ0) is 34.6. The first-order valence-corrected chi connectivity index (χ1v) is 16.5. The number of carbonyl (C=O) groups excluding carboxylic acids is 1. The molecular formula is C37H47BClN3O5. The minimum absolute atomic E-state index is 0.0617. The lowest BCUT2D eigenvalue weighted by Gasteiger charge is -2.35. The standard InChI is InChI=1S/C37H47BClN3O5/c1-25-27(11-10-12-30(25)38-23-36(5,6)37(7,8)24-38)22-46-33-17-32(45-21-26-15-29(40-9)19-41-18-26)28(16-31(33)39)20-42(13-14-43)34(44)47-35(2,3)4/h10-12,15-19,43H,13-14,20-24H2,1-8H3. The van der Waals surface area contributed by atoms with Gasteiger partial charge in [0.2, 0.25) is 5.69 Å². The van der Waals surface area contributed by atoms with E-state index in [1.807, 2.05) is 0 Å². The van der Waals surface area contributed by atoms with Gasteiger partial charge in [0.15, 0.2) is 6.71 Å². The molecule has 1 aromatic heterocycles. The van der Waals surface area contributed by atoms with Crippen molar-refractivity contribution >= 4 is 35.6 Å². The number of benzene rings is 2. The fourth-order valence-electron chi connectivity index (χ4n) is 6.14. The first kappa shape index (κ1) is 36.1. The lowest BCUT2D eigenvalue weighted by atomic mass is 9.41. The smallest absolute Gasteiger partial charge is 0.410 e. The minimum atomic E-state index is -0.708. The van der Waals surface area contributed by atoms with E-state index in [1.165, 1.54) is 22.1 Å². The Morgan fingerprint density at radius 1 is 1.04 bits per heavy atom. The number of halogens is 1. The lowest BCUT2D eigenvalue weighted by Crippen LogP contribution is -2.38. The van der Waals surface area contributed by atoms with Gasteiger partial charge in [-0.1, -0.05) is 81.2 Å². The SMILES string of the molecule is [C-]#[N+]c1cncc(COc2cc(OCc3cccc(B4CC(C)(C)C(C)(C)C4)c3C)c(Cl)cc2CN(CCO)C(=O)OC(C)(C)C)c1. The summed E-state index contributed by atoms with van der Waals surface area (Å²) in [6, 6.07) is 11.6. The Morgan fingerprint density at radius 3 is 2.36 bits per heavy atom. The van der Waals surface area contributed by atoms with E-state index in [0.29, 0.717) is 46.7 Å². The molecule has 0 unspecified atom stereocenters. The first-order valence-electron chi connectivity index (χ1n) is 16.1. The Kier molecular flexibility index (Phi) is 11.2. The molecule has 0 bridgehead atoms. The highest BCUT2D eigenvalue weighted by molar-refractivity contribution is 6.74. The summed E-state index contributed by atoms with van der Waals surface area (Å²) in [6.07, 6.45) is 4.86. The van der Waals surface area contributed by atoms with Crippen molar-refractivity contribution in [1.82, 2.24) is 9.88 Å². The van der Waals surface area contributed by atoms with Gasteiger partial charge in [0, 0.05) is 30.6 Å². The number of nitrogens with zero attached hydrogens (tertiary/aromatic N) is 3. The van der Waals surface area contributed by atoms with Crippen LogP contribution < -0.4 is 14.9 Å². The van der Waals surface area contributed by atoms with Gasteiger partial charge in [0.25, 0.3) is 0 Å². The second-order valence-corrected chi connectivity index (χ2v) is 15.2. The van der Waals surface area contributed by atoms with Crippen molar-refractivity contribution in [2.45, 2.75) is 93.4 Å². The van der Waals surface area contributed by atoms with E-state index in [2.05, 4.69) is 62.6 Å². The molecule has 10 heteroatoms. The molecule has 1 aliphatic heterocycles. The normalized spacial score (nSPS) is 15.2. The molecule has 47 heavy (non-hydrogen) atoms. The fourth-order valence-corrected chi connectivity index (χ4v) is 6.38. The number of aliphatic hydroxyl groups excluding tert-OH is 1. The van der Waals surface area contributed by atoms with Crippen LogP contribution in [-0.2, 0) is 24.5 Å². The second-order valence-electron chi connectivity index (χ2n) is 14.8. The molecule has 0 saturated carbocycles. The van der Waals surface area contributed by atoms with Crippen LogP contribution in [0, 0.1) is 24.3 Å². The number of carbonyl (C=O) groups is 1. The monoisotopic (exact) mass is 659 g/mol. The summed E-state index contributed by atoms with van der Waals surface area (Å²) < 4.78 is 18.2. The van der Waals surface area contributed by atoms with Crippen LogP contribution in [0.15, 0.2) is 48.8 Å². The van der Waals surface area contributed by atoms with Crippen molar-refractivity contribution in [3.63, 3.8) is 0 Å². The summed E-state index contributed by atoms with van der Waals surface area (Å²) in [5.41, 5.74) is 5.24. The number of pyridine rings is 1. The van der Waals surface area contributed by atoms with Crippen molar-refractivity contribution in [3.8, 4) is 11.5 Å². The van der Waals surface area contributed by atoms with Crippen molar-refractivity contribution in [2.75, 3.05) is 13.2 Å². The van der Waals surface area contributed by atoms with E-state index in [1.54, 1.807) is 45.2 Å². The molecule has 1 N–H and O–H groups in total. The quantitative estimate of drug-likeness (QED) is 0.165. The van der Waals surface area contributed by atoms with Crippen LogP contribution in [0.3, 0.4) is 0 Å². The summed E-state index contributed by atoms with van der Waals surface area (Å²) >= 11 is 6.80. The second kappa shape index (κ2) is 14.6. The summed E-state index contributed by atoms with van der Waals surface area (Å²) in [7, 11) is 0. The van der Waals surface area contributed by atoms with Crippen LogP contribution in [0.25, 0.3) is 4.85 Å². The van der Waals surface area contributed by atoms with Crippen molar-refractivity contribution < 1.29 is 24.1 Å². The number of aliphatic hydroxyl groups is 1. The molecule has 0 spiro atoms. The molecule has 0 aliphatic carbocycles. The Labute approximate surface area is 285 Å². The van der Waals surface area contributed by atoms with E-state index in [-0.39, 0.29) is 37.1 Å². The number of amides is 1. The molecular weight excluding hydrogens is 613 g/mol. The fraction of sp³-hybridized carbons (Fsp3) is 0.486. The topological polar surface area (TPSA) is 85.5 Å². The summed E-state index contributed by atoms with van der Waals surface area (Å²) in [5.74, 6) is 0.891. The molecule has 8 nitrogen and oxygen atoms in total. The minimum Gasteiger partial charge on any atom is -0.488 e. The van der Waals surface area contributed by atoms with Crippen molar-refractivity contribution in [3.05, 3.63) is 87.5 Å². The third-order valence-electron chi connectivity index (χ3n) is 9.46. The molecule has 3 aromatic rings. The van der Waals surface area contributed by atoms with E-state index < -0.39 is 11.7 Å². The Balaban J connectivity index is 1.61. The average molecular weight is 660 g/mol. The number of hydrogen-bond acceptors (Lipinski definition) is 6. The maximum Gasteiger partial charge on any atom is 0.410 e. The van der Waals surface area contributed by atoms with Crippen molar-refractivity contribution in [2.24, 2.45) is 10.8 Å². The highest BCUT2D eigenvalue weighted by Crippen LogP contribution is 2.52. The van der Waals surface area contributed by atoms with Gasteiger partial charge in [-0.3, -0.25) is 4.98 Å². The molecule has 0 radical (unpaired) electrons. The number of hydrogen-bond donors (Lipinski definition) is 1. The third kappa shape index (κ3) is 9.00. The lowest BCUT2D eigenvalue weighted by molar-refractivity contribution is 0.0200. The molecule has 1 amide bonds. The van der Waals surface area contributed by atoms with E-state index in [0.717, 1.165) is 18.2 Å². The van der Waals surface area contributed by atoms with Gasteiger partial charge < -0.3 is 24.2 Å². The maximum atomic E-state index is 13.0. The van der Waals surface area contributed by atoms with Crippen LogP contribution in [0.4, 0.5) is 10.5 Å². The molecule has 250 valence electrons. The van der Waals surface area contributed by atoms with Crippen LogP contribution in [0.5, 0.6) is 11.5 Å². The summed E-state index contributed by atoms with van der Waals surface area (Å²) in [4.78, 5) is 22.0. The Hall–Kier alpha value is -3.74. The predicted octanol–water partition coefficient (Wildman–Crippen LogP) is 8.25. The van der Waals surface area contributed by atoms with Gasteiger partial charge in [-0.05, 0) is 61.8 Å². The average Bonchev–Trinajstić information content (AvgIpc) is 3.21. The number of rotatable bonds is 11. The molecule has 2 heterocycles. The van der Waals surface area contributed by atoms with Crippen LogP contribution in [-0.4, -0.2) is 46.5 Å². The van der Waals surface area contributed by atoms with Gasteiger partial charge in [-0.15, -0.1) is 0 Å². The van der Waals surface area contributed by atoms with E-state index in [9.17, 15) is 9.90 Å². The Morgan fingerprint density at radius 2 is 1.72 bits per heavy atom. The largest absolute Gasteiger partial charge is 0.488 e. The van der Waals surface area contributed by atoms with Gasteiger partial charge in [0.05, 0.1) is 24.7 Å².